The number of nitrogens with zero attached hydrogens (tertiary/aromatic N) is 2. The first-order valence-electron chi connectivity index (χ1n) is 5.41. The molecule has 0 atom stereocenters. The van der Waals surface area contributed by atoms with Crippen molar-refractivity contribution in [3.8, 4) is 0 Å². The van der Waals surface area contributed by atoms with Crippen molar-refractivity contribution in [3.63, 3.8) is 0 Å². The molecule has 82 valence electrons. The third-order valence-electron chi connectivity index (χ3n) is 3.09. The van der Waals surface area contributed by atoms with Gasteiger partial charge in [0.1, 0.15) is 0 Å². The van der Waals surface area contributed by atoms with E-state index in [0.717, 1.165) is 24.0 Å². The van der Waals surface area contributed by atoms with Crippen LogP contribution in [0.15, 0.2) is 18.3 Å². The average Bonchev–Trinajstić information content (AvgIpc) is 2.15. The van der Waals surface area contributed by atoms with Crippen molar-refractivity contribution in [3.05, 3.63) is 24.0 Å². The maximum absolute atomic E-state index is 5.36. The molecule has 1 aliphatic carbocycles. The molecule has 4 heteroatoms. The second-order valence-electron chi connectivity index (χ2n) is 4.18. The van der Waals surface area contributed by atoms with Crippen molar-refractivity contribution in [1.82, 2.24) is 9.88 Å². The van der Waals surface area contributed by atoms with Crippen molar-refractivity contribution >= 4 is 5.69 Å². The molecule has 0 amide bonds. The lowest BCUT2D eigenvalue weighted by Crippen LogP contribution is -2.36. The number of nitrogen functional groups attached to an aromatic ring is 1. The predicted molar refractivity (Wildman–Crippen MR) is 61.2 cm³/mol. The molecule has 4 nitrogen and oxygen atoms in total. The van der Waals surface area contributed by atoms with Gasteiger partial charge in [0.05, 0.1) is 11.4 Å². The van der Waals surface area contributed by atoms with Gasteiger partial charge in [0.25, 0.3) is 0 Å². The smallest absolute Gasteiger partial charge is 0.0564 e. The highest BCUT2D eigenvalue weighted by Crippen LogP contribution is 2.24. The summed E-state index contributed by atoms with van der Waals surface area (Å²) in [4.78, 5) is 6.70. The summed E-state index contributed by atoms with van der Waals surface area (Å²) in [6.07, 6.45) is 5.81. The Hall–Kier alpha value is -1.13. The van der Waals surface area contributed by atoms with Gasteiger partial charge in [-0.3, -0.25) is 15.7 Å². The predicted octanol–water partition coefficient (Wildman–Crippen LogP) is 1.35. The van der Waals surface area contributed by atoms with E-state index in [-0.39, 0.29) is 0 Å². The van der Waals surface area contributed by atoms with Crippen LogP contribution in [-0.4, -0.2) is 23.0 Å². The van der Waals surface area contributed by atoms with E-state index < -0.39 is 0 Å². The lowest BCUT2D eigenvalue weighted by atomic mass is 9.92. The minimum atomic E-state index is 0.751. The van der Waals surface area contributed by atoms with Crippen LogP contribution < -0.4 is 11.3 Å². The number of anilines is 1. The Balaban J connectivity index is 1.96. The highest BCUT2D eigenvalue weighted by Gasteiger charge is 2.21. The highest BCUT2D eigenvalue weighted by molar-refractivity contribution is 5.41. The van der Waals surface area contributed by atoms with Gasteiger partial charge in [-0.1, -0.05) is 6.42 Å². The maximum Gasteiger partial charge on any atom is 0.0564 e. The Morgan fingerprint density at radius 1 is 1.60 bits per heavy atom. The van der Waals surface area contributed by atoms with Crippen LogP contribution >= 0.6 is 0 Å². The molecule has 0 bridgehead atoms. The van der Waals surface area contributed by atoms with E-state index in [1.807, 2.05) is 12.1 Å². The standard InChI is InChI=1S/C11H18N4/c1-15(11-3-2-4-11)8-10-7-9(14-12)5-6-13-10/h5-7,11H,2-4,8,12H2,1H3,(H,13,14). The third kappa shape index (κ3) is 2.46. The monoisotopic (exact) mass is 206 g/mol. The van der Waals surface area contributed by atoms with Gasteiger partial charge in [0.2, 0.25) is 0 Å². The summed E-state index contributed by atoms with van der Waals surface area (Å²) in [6.45, 7) is 0.903. The first kappa shape index (κ1) is 10.4. The van der Waals surface area contributed by atoms with Crippen LogP contribution in [0.5, 0.6) is 0 Å². The zero-order valence-electron chi connectivity index (χ0n) is 9.11. The van der Waals surface area contributed by atoms with E-state index in [4.69, 9.17) is 5.84 Å². The molecule has 0 unspecified atom stereocenters. The van der Waals surface area contributed by atoms with Gasteiger partial charge in [-0.15, -0.1) is 0 Å². The molecule has 1 saturated carbocycles. The van der Waals surface area contributed by atoms with Gasteiger partial charge in [0.15, 0.2) is 0 Å². The molecule has 15 heavy (non-hydrogen) atoms. The van der Waals surface area contributed by atoms with Gasteiger partial charge < -0.3 is 5.43 Å². The highest BCUT2D eigenvalue weighted by atomic mass is 15.2. The number of rotatable bonds is 4. The van der Waals surface area contributed by atoms with Crippen LogP contribution in [0.2, 0.25) is 0 Å². The van der Waals surface area contributed by atoms with Gasteiger partial charge >= 0.3 is 0 Å². The molecule has 0 aliphatic heterocycles. The summed E-state index contributed by atoms with van der Waals surface area (Å²) in [7, 11) is 2.16. The molecule has 1 fully saturated rings. The minimum Gasteiger partial charge on any atom is -0.324 e. The average molecular weight is 206 g/mol. The third-order valence-corrected chi connectivity index (χ3v) is 3.09. The Kier molecular flexibility index (Phi) is 3.18. The van der Waals surface area contributed by atoms with Gasteiger partial charge in [0, 0.05) is 18.8 Å². The van der Waals surface area contributed by atoms with Crippen LogP contribution in [0.3, 0.4) is 0 Å². The lowest BCUT2D eigenvalue weighted by molar-refractivity contribution is 0.151. The number of hydrogen-bond acceptors (Lipinski definition) is 4. The van der Waals surface area contributed by atoms with E-state index in [0.29, 0.717) is 0 Å². The fourth-order valence-corrected chi connectivity index (χ4v) is 1.87. The Labute approximate surface area is 90.5 Å². The zero-order chi connectivity index (χ0) is 10.7. The summed E-state index contributed by atoms with van der Waals surface area (Å²) in [5, 5.41) is 0. The molecular formula is C11H18N4. The van der Waals surface area contributed by atoms with E-state index in [1.165, 1.54) is 19.3 Å². The number of nitrogens with two attached hydrogens (primary N) is 1. The number of aromatic nitrogens is 1. The van der Waals surface area contributed by atoms with E-state index in [2.05, 4.69) is 22.4 Å². The second-order valence-corrected chi connectivity index (χ2v) is 4.18. The largest absolute Gasteiger partial charge is 0.324 e. The SMILES string of the molecule is CN(Cc1cc(NN)ccn1)C1CCC1. The molecular weight excluding hydrogens is 188 g/mol. The second kappa shape index (κ2) is 4.59. The minimum absolute atomic E-state index is 0.751. The van der Waals surface area contributed by atoms with Crippen LogP contribution in [0.25, 0.3) is 0 Å². The van der Waals surface area contributed by atoms with Crippen LogP contribution in [-0.2, 0) is 6.54 Å². The summed E-state index contributed by atoms with van der Waals surface area (Å²) < 4.78 is 0. The fraction of sp³-hybridized carbons (Fsp3) is 0.545. The van der Waals surface area contributed by atoms with E-state index in [1.54, 1.807) is 6.20 Å². The molecule has 1 aromatic heterocycles. The Morgan fingerprint density at radius 2 is 2.40 bits per heavy atom. The molecule has 0 saturated heterocycles. The van der Waals surface area contributed by atoms with Crippen LogP contribution in [0.1, 0.15) is 25.0 Å². The quantitative estimate of drug-likeness (QED) is 0.577. The number of nitrogens with one attached hydrogen (secondary N) is 1. The molecule has 1 heterocycles. The van der Waals surface area contributed by atoms with Crippen molar-refractivity contribution in [1.29, 1.82) is 0 Å². The normalized spacial score (nSPS) is 16.5. The molecule has 0 aromatic carbocycles. The molecule has 0 radical (unpaired) electrons. The van der Waals surface area contributed by atoms with Crippen molar-refractivity contribution < 1.29 is 0 Å². The molecule has 3 N–H and O–H groups in total. The zero-order valence-corrected chi connectivity index (χ0v) is 9.11. The van der Waals surface area contributed by atoms with Gasteiger partial charge in [-0.2, -0.15) is 0 Å². The Bertz CT molecular complexity index is 322. The van der Waals surface area contributed by atoms with Crippen molar-refractivity contribution in [2.75, 3.05) is 12.5 Å². The number of hydrazine groups is 1. The maximum atomic E-state index is 5.36. The number of hydrogen-bond donors (Lipinski definition) is 2. The summed E-state index contributed by atoms with van der Waals surface area (Å²) >= 11 is 0. The van der Waals surface area contributed by atoms with Crippen molar-refractivity contribution in [2.45, 2.75) is 31.8 Å². The summed E-state index contributed by atoms with van der Waals surface area (Å²) in [5.41, 5.74) is 4.63. The van der Waals surface area contributed by atoms with Crippen LogP contribution in [0, 0.1) is 0 Å². The molecule has 1 aliphatic rings. The molecule has 0 spiro atoms. The molecule has 2 rings (SSSR count). The van der Waals surface area contributed by atoms with Crippen LogP contribution in [0.4, 0.5) is 5.69 Å². The van der Waals surface area contributed by atoms with Gasteiger partial charge in [-0.05, 0) is 32.0 Å². The van der Waals surface area contributed by atoms with Gasteiger partial charge in [-0.25, -0.2) is 0 Å². The van der Waals surface area contributed by atoms with Crippen molar-refractivity contribution in [2.24, 2.45) is 5.84 Å². The summed E-state index contributed by atoms with van der Waals surface area (Å²) in [5.74, 6) is 5.36. The number of pyridine rings is 1. The first-order chi connectivity index (χ1) is 7.29. The van der Waals surface area contributed by atoms with E-state index >= 15 is 0 Å². The van der Waals surface area contributed by atoms with E-state index in [9.17, 15) is 0 Å². The first-order valence-corrected chi connectivity index (χ1v) is 5.41. The Morgan fingerprint density at radius 3 is 3.00 bits per heavy atom. The topological polar surface area (TPSA) is 54.2 Å². The lowest BCUT2D eigenvalue weighted by Gasteiger charge is -2.34. The summed E-state index contributed by atoms with van der Waals surface area (Å²) in [6, 6.07) is 4.61. The molecule has 1 aromatic rings. The fourth-order valence-electron chi connectivity index (χ4n) is 1.87.